The third kappa shape index (κ3) is 7.30. The lowest BCUT2D eigenvalue weighted by atomic mass is 9.71. The first-order chi connectivity index (χ1) is 8.14. The van der Waals surface area contributed by atoms with E-state index >= 15 is 0 Å². The molecule has 0 aliphatic heterocycles. The normalized spacial score (nSPS) is 23.6. The molecule has 0 heterocycles. The van der Waals surface area contributed by atoms with Gasteiger partial charge in [-0.05, 0) is 24.7 Å². The SMILES string of the molecule is CC(=O)O.CC(=O)OC1CCCCC1C(C)(C)C. The van der Waals surface area contributed by atoms with Crippen molar-refractivity contribution in [1.82, 2.24) is 0 Å². The predicted molar refractivity (Wildman–Crippen MR) is 70.3 cm³/mol. The zero-order valence-electron chi connectivity index (χ0n) is 12.2. The van der Waals surface area contributed by atoms with E-state index in [1.165, 1.54) is 26.2 Å². The van der Waals surface area contributed by atoms with E-state index in [4.69, 9.17) is 14.6 Å². The third-order valence-corrected chi connectivity index (χ3v) is 3.13. The van der Waals surface area contributed by atoms with Gasteiger partial charge in [0.15, 0.2) is 0 Å². The van der Waals surface area contributed by atoms with Crippen LogP contribution in [-0.2, 0) is 14.3 Å². The molecule has 4 heteroatoms. The summed E-state index contributed by atoms with van der Waals surface area (Å²) in [5.74, 6) is -0.439. The first kappa shape index (κ1) is 16.9. The molecule has 18 heavy (non-hydrogen) atoms. The Morgan fingerprint density at radius 1 is 1.11 bits per heavy atom. The van der Waals surface area contributed by atoms with Crippen LogP contribution in [0, 0.1) is 11.3 Å². The van der Waals surface area contributed by atoms with Crippen molar-refractivity contribution in [2.24, 2.45) is 11.3 Å². The first-order valence-corrected chi connectivity index (χ1v) is 6.51. The molecule has 1 rings (SSSR count). The van der Waals surface area contributed by atoms with Gasteiger partial charge in [0, 0.05) is 19.8 Å². The molecule has 0 aromatic rings. The highest BCUT2D eigenvalue weighted by Gasteiger charge is 2.35. The van der Waals surface area contributed by atoms with Crippen LogP contribution in [0.5, 0.6) is 0 Å². The standard InChI is InChI=1S/C12H22O2.C2H4O2/c1-9(13)14-11-8-6-5-7-10(11)12(2,3)4;1-2(3)4/h10-11H,5-8H2,1-4H3;1H3,(H,3,4). The molecule has 0 amide bonds. The molecule has 0 bridgehead atoms. The van der Waals surface area contributed by atoms with Crippen LogP contribution in [0.25, 0.3) is 0 Å². The number of ether oxygens (including phenoxy) is 1. The molecule has 1 aliphatic carbocycles. The molecule has 1 N–H and O–H groups in total. The van der Waals surface area contributed by atoms with Gasteiger partial charge >= 0.3 is 5.97 Å². The maximum absolute atomic E-state index is 11.0. The summed E-state index contributed by atoms with van der Waals surface area (Å²) in [5, 5.41) is 7.42. The molecule has 1 fully saturated rings. The Hall–Kier alpha value is -1.06. The maximum atomic E-state index is 11.0. The first-order valence-electron chi connectivity index (χ1n) is 6.51. The number of esters is 1. The summed E-state index contributed by atoms with van der Waals surface area (Å²) in [5.41, 5.74) is 0.251. The summed E-state index contributed by atoms with van der Waals surface area (Å²) in [6.07, 6.45) is 4.87. The van der Waals surface area contributed by atoms with Crippen LogP contribution >= 0.6 is 0 Å². The second-order valence-corrected chi connectivity index (χ2v) is 5.92. The molecule has 0 radical (unpaired) electrons. The number of hydrogen-bond donors (Lipinski definition) is 1. The van der Waals surface area contributed by atoms with Gasteiger partial charge in [0.25, 0.3) is 5.97 Å². The van der Waals surface area contributed by atoms with Crippen LogP contribution in [0.3, 0.4) is 0 Å². The largest absolute Gasteiger partial charge is 0.481 e. The quantitative estimate of drug-likeness (QED) is 0.733. The fraction of sp³-hybridized carbons (Fsp3) is 0.857. The number of carbonyl (C=O) groups is 2. The Labute approximate surface area is 110 Å². The van der Waals surface area contributed by atoms with E-state index in [9.17, 15) is 4.79 Å². The van der Waals surface area contributed by atoms with E-state index in [1.54, 1.807) is 0 Å². The second-order valence-electron chi connectivity index (χ2n) is 5.92. The molecular formula is C14H26O4. The Kier molecular flexibility index (Phi) is 6.96. The summed E-state index contributed by atoms with van der Waals surface area (Å²) in [4.78, 5) is 20.0. The van der Waals surface area contributed by atoms with Gasteiger partial charge in [0.05, 0.1) is 0 Å². The average molecular weight is 258 g/mol. The third-order valence-electron chi connectivity index (χ3n) is 3.13. The highest BCUT2D eigenvalue weighted by atomic mass is 16.5. The minimum atomic E-state index is -0.833. The van der Waals surface area contributed by atoms with E-state index in [2.05, 4.69) is 20.8 Å². The fourth-order valence-corrected chi connectivity index (χ4v) is 2.44. The Morgan fingerprint density at radius 2 is 1.56 bits per heavy atom. The molecule has 2 unspecified atom stereocenters. The van der Waals surface area contributed by atoms with Crippen LogP contribution in [-0.4, -0.2) is 23.1 Å². The minimum absolute atomic E-state index is 0.133. The molecule has 1 saturated carbocycles. The van der Waals surface area contributed by atoms with Crippen molar-refractivity contribution in [3.63, 3.8) is 0 Å². The van der Waals surface area contributed by atoms with Crippen LogP contribution in [0.4, 0.5) is 0 Å². The van der Waals surface area contributed by atoms with E-state index in [0.29, 0.717) is 5.92 Å². The zero-order chi connectivity index (χ0) is 14.3. The van der Waals surface area contributed by atoms with Gasteiger partial charge in [-0.1, -0.05) is 27.2 Å². The summed E-state index contributed by atoms with van der Waals surface area (Å²) >= 11 is 0. The number of aliphatic carboxylic acids is 1. The van der Waals surface area contributed by atoms with Crippen molar-refractivity contribution in [3.8, 4) is 0 Å². The lowest BCUT2D eigenvalue weighted by Crippen LogP contribution is -2.37. The second kappa shape index (κ2) is 7.39. The van der Waals surface area contributed by atoms with Crippen molar-refractivity contribution in [2.75, 3.05) is 0 Å². The van der Waals surface area contributed by atoms with Crippen molar-refractivity contribution < 1.29 is 19.4 Å². The summed E-state index contributed by atoms with van der Waals surface area (Å²) < 4.78 is 5.39. The lowest BCUT2D eigenvalue weighted by molar-refractivity contribution is -0.153. The van der Waals surface area contributed by atoms with Gasteiger partial charge in [0.1, 0.15) is 6.10 Å². The monoisotopic (exact) mass is 258 g/mol. The zero-order valence-corrected chi connectivity index (χ0v) is 12.2. The van der Waals surface area contributed by atoms with E-state index in [0.717, 1.165) is 13.3 Å². The van der Waals surface area contributed by atoms with E-state index in [1.807, 2.05) is 0 Å². The van der Waals surface area contributed by atoms with Gasteiger partial charge < -0.3 is 9.84 Å². The Balaban J connectivity index is 0.000000631. The van der Waals surface area contributed by atoms with Crippen molar-refractivity contribution in [3.05, 3.63) is 0 Å². The van der Waals surface area contributed by atoms with Gasteiger partial charge in [-0.25, -0.2) is 0 Å². The number of rotatable bonds is 1. The Morgan fingerprint density at radius 3 is 1.94 bits per heavy atom. The van der Waals surface area contributed by atoms with Crippen molar-refractivity contribution in [1.29, 1.82) is 0 Å². The average Bonchev–Trinajstić information content (AvgIpc) is 2.14. The van der Waals surface area contributed by atoms with Crippen LogP contribution in [0.2, 0.25) is 0 Å². The van der Waals surface area contributed by atoms with E-state index < -0.39 is 5.97 Å². The van der Waals surface area contributed by atoms with Crippen LogP contribution < -0.4 is 0 Å². The molecule has 1 aliphatic rings. The topological polar surface area (TPSA) is 63.6 Å². The highest BCUT2D eigenvalue weighted by Crippen LogP contribution is 2.39. The molecular weight excluding hydrogens is 232 g/mol. The molecule has 4 nitrogen and oxygen atoms in total. The smallest absolute Gasteiger partial charge is 0.302 e. The molecule has 0 saturated heterocycles. The predicted octanol–water partition coefficient (Wildman–Crippen LogP) is 3.25. The van der Waals surface area contributed by atoms with Gasteiger partial charge in [-0.2, -0.15) is 0 Å². The molecule has 0 spiro atoms. The summed E-state index contributed by atoms with van der Waals surface area (Å²) in [7, 11) is 0. The highest BCUT2D eigenvalue weighted by molar-refractivity contribution is 5.66. The lowest BCUT2D eigenvalue weighted by Gasteiger charge is -2.39. The number of hydrogen-bond acceptors (Lipinski definition) is 3. The Bertz CT molecular complexity index is 274. The molecule has 2 atom stereocenters. The fourth-order valence-electron chi connectivity index (χ4n) is 2.44. The van der Waals surface area contributed by atoms with Crippen LogP contribution in [0.1, 0.15) is 60.3 Å². The summed E-state index contributed by atoms with van der Waals surface area (Å²) in [6.45, 7) is 9.30. The van der Waals surface area contributed by atoms with Gasteiger partial charge in [-0.15, -0.1) is 0 Å². The maximum Gasteiger partial charge on any atom is 0.302 e. The summed E-state index contributed by atoms with van der Waals surface area (Å²) in [6, 6.07) is 0. The number of carbonyl (C=O) groups excluding carboxylic acids is 1. The minimum Gasteiger partial charge on any atom is -0.481 e. The van der Waals surface area contributed by atoms with E-state index in [-0.39, 0.29) is 17.5 Å². The molecule has 0 aromatic heterocycles. The molecule has 106 valence electrons. The van der Waals surface area contributed by atoms with Gasteiger partial charge in [0.2, 0.25) is 0 Å². The van der Waals surface area contributed by atoms with Crippen molar-refractivity contribution in [2.45, 2.75) is 66.4 Å². The number of carboxylic acids is 1. The number of carboxylic acid groups (broad SMARTS) is 1. The van der Waals surface area contributed by atoms with Gasteiger partial charge in [-0.3, -0.25) is 9.59 Å². The van der Waals surface area contributed by atoms with Crippen molar-refractivity contribution >= 4 is 11.9 Å². The van der Waals surface area contributed by atoms with Crippen LogP contribution in [0.15, 0.2) is 0 Å². The molecule has 0 aromatic carbocycles.